The van der Waals surface area contributed by atoms with Gasteiger partial charge in [-0.25, -0.2) is 4.39 Å². The molecule has 1 heteroatoms. The van der Waals surface area contributed by atoms with Gasteiger partial charge in [-0.05, 0) is 29.9 Å². The highest BCUT2D eigenvalue weighted by Crippen LogP contribution is 2.57. The molecule has 1 saturated carbocycles. The van der Waals surface area contributed by atoms with Crippen molar-refractivity contribution in [1.29, 1.82) is 0 Å². The van der Waals surface area contributed by atoms with Gasteiger partial charge in [0.25, 0.3) is 0 Å². The van der Waals surface area contributed by atoms with Crippen LogP contribution in [-0.2, 0) is 5.41 Å². The van der Waals surface area contributed by atoms with Crippen molar-refractivity contribution in [2.45, 2.75) is 45.4 Å². The third-order valence-electron chi connectivity index (χ3n) is 4.74. The van der Waals surface area contributed by atoms with E-state index in [2.05, 4.69) is 32.9 Å². The average molecular weight is 230 g/mol. The van der Waals surface area contributed by atoms with Gasteiger partial charge in [-0.3, -0.25) is 0 Å². The summed E-state index contributed by atoms with van der Waals surface area (Å²) in [4.78, 5) is 0. The van der Waals surface area contributed by atoms with Gasteiger partial charge in [0.1, 0.15) is 5.82 Å². The molecule has 1 aromatic rings. The summed E-state index contributed by atoms with van der Waals surface area (Å²) >= 11 is 0. The quantitative estimate of drug-likeness (QED) is 0.606. The van der Waals surface area contributed by atoms with Crippen molar-refractivity contribution in [2.24, 2.45) is 5.41 Å². The minimum atomic E-state index is -0.0681. The molecule has 0 nitrogen and oxygen atoms in total. The van der Waals surface area contributed by atoms with Crippen LogP contribution in [0.1, 0.15) is 51.2 Å². The van der Waals surface area contributed by atoms with Crippen LogP contribution in [0.4, 0.5) is 4.39 Å². The van der Waals surface area contributed by atoms with Crippen LogP contribution in [0.15, 0.2) is 23.8 Å². The molecule has 0 radical (unpaired) electrons. The highest BCUT2D eigenvalue weighted by atomic mass is 19.1. The van der Waals surface area contributed by atoms with Crippen molar-refractivity contribution >= 4 is 6.08 Å². The lowest BCUT2D eigenvalue weighted by atomic mass is 9.60. The maximum atomic E-state index is 13.9. The van der Waals surface area contributed by atoms with Crippen molar-refractivity contribution in [3.05, 3.63) is 40.7 Å². The zero-order chi connectivity index (χ0) is 12.3. The van der Waals surface area contributed by atoms with E-state index in [1.807, 2.05) is 6.07 Å². The van der Waals surface area contributed by atoms with E-state index >= 15 is 0 Å². The van der Waals surface area contributed by atoms with E-state index in [0.29, 0.717) is 0 Å². The van der Waals surface area contributed by atoms with Crippen LogP contribution in [0.5, 0.6) is 0 Å². The van der Waals surface area contributed by atoms with E-state index in [-0.39, 0.29) is 16.6 Å². The first-order valence-corrected chi connectivity index (χ1v) is 6.47. The van der Waals surface area contributed by atoms with Gasteiger partial charge in [-0.2, -0.15) is 0 Å². The van der Waals surface area contributed by atoms with E-state index < -0.39 is 0 Å². The fourth-order valence-corrected chi connectivity index (χ4v) is 3.84. The lowest BCUT2D eigenvalue weighted by Crippen LogP contribution is -2.35. The third-order valence-corrected chi connectivity index (χ3v) is 4.74. The van der Waals surface area contributed by atoms with Crippen LogP contribution in [0, 0.1) is 11.2 Å². The summed E-state index contributed by atoms with van der Waals surface area (Å²) in [5.41, 5.74) is 3.73. The molecule has 0 spiro atoms. The Balaban J connectivity index is 2.25. The van der Waals surface area contributed by atoms with Crippen molar-refractivity contribution in [1.82, 2.24) is 0 Å². The van der Waals surface area contributed by atoms with E-state index in [9.17, 15) is 4.39 Å². The first kappa shape index (κ1) is 11.0. The van der Waals surface area contributed by atoms with Crippen molar-refractivity contribution in [3.63, 3.8) is 0 Å². The Bertz CT molecular complexity index is 510. The minimum absolute atomic E-state index is 0.0681. The highest BCUT2D eigenvalue weighted by Gasteiger charge is 2.46. The van der Waals surface area contributed by atoms with Crippen LogP contribution >= 0.6 is 0 Å². The van der Waals surface area contributed by atoms with Crippen LogP contribution in [0.3, 0.4) is 0 Å². The molecule has 0 bridgehead atoms. The second-order valence-corrected chi connectivity index (χ2v) is 6.33. The Labute approximate surface area is 103 Å². The van der Waals surface area contributed by atoms with E-state index in [1.165, 1.54) is 24.0 Å². The zero-order valence-electron chi connectivity index (χ0n) is 10.8. The molecule has 0 aromatic heterocycles. The molecule has 2 aliphatic carbocycles. The normalized spacial score (nSPS) is 29.5. The fraction of sp³-hybridized carbons (Fsp3) is 0.500. The van der Waals surface area contributed by atoms with Gasteiger partial charge in [0.05, 0.1) is 0 Å². The molecule has 0 amide bonds. The number of fused-ring (bicyclic) bond motifs is 3. The van der Waals surface area contributed by atoms with Crippen LogP contribution in [-0.4, -0.2) is 0 Å². The molecule has 0 unspecified atom stereocenters. The molecule has 0 aliphatic heterocycles. The molecule has 3 rings (SSSR count). The fourth-order valence-electron chi connectivity index (χ4n) is 3.84. The summed E-state index contributed by atoms with van der Waals surface area (Å²) in [5.74, 6) is -0.0681. The van der Waals surface area contributed by atoms with E-state index in [4.69, 9.17) is 0 Å². The largest absolute Gasteiger partial charge is 0.206 e. The standard InChI is InChI=1S/C16H19F/c1-15(2)8-5-9-16(3)12-6-4-7-13(17)11(12)10-14(15)16/h4,6-7,10H,5,8-9H2,1-3H3/t16-/m1/s1. The molecule has 2 aliphatic rings. The Hall–Kier alpha value is -1.11. The molecule has 1 atom stereocenters. The number of rotatable bonds is 0. The third kappa shape index (κ3) is 1.34. The smallest absolute Gasteiger partial charge is 0.130 e. The van der Waals surface area contributed by atoms with Gasteiger partial charge in [-0.15, -0.1) is 0 Å². The van der Waals surface area contributed by atoms with Gasteiger partial charge >= 0.3 is 0 Å². The summed E-state index contributed by atoms with van der Waals surface area (Å²) in [6, 6.07) is 5.52. The zero-order valence-corrected chi connectivity index (χ0v) is 10.8. The summed E-state index contributed by atoms with van der Waals surface area (Å²) < 4.78 is 13.9. The van der Waals surface area contributed by atoms with Crippen LogP contribution < -0.4 is 0 Å². The van der Waals surface area contributed by atoms with Crippen molar-refractivity contribution in [3.8, 4) is 0 Å². The Kier molecular flexibility index (Phi) is 2.08. The average Bonchev–Trinajstić information content (AvgIpc) is 2.55. The maximum absolute atomic E-state index is 13.9. The Morgan fingerprint density at radius 1 is 1.12 bits per heavy atom. The summed E-state index contributed by atoms with van der Waals surface area (Å²) in [6.07, 6.45) is 5.71. The van der Waals surface area contributed by atoms with Gasteiger partial charge < -0.3 is 0 Å². The molecule has 0 N–H and O–H groups in total. The van der Waals surface area contributed by atoms with Gasteiger partial charge in [0, 0.05) is 11.0 Å². The van der Waals surface area contributed by atoms with E-state index in [1.54, 1.807) is 6.07 Å². The van der Waals surface area contributed by atoms with Crippen LogP contribution in [0.25, 0.3) is 6.08 Å². The Morgan fingerprint density at radius 2 is 1.88 bits per heavy atom. The molecule has 1 aromatic carbocycles. The Morgan fingerprint density at radius 3 is 2.65 bits per heavy atom. The second kappa shape index (κ2) is 3.22. The van der Waals surface area contributed by atoms with Gasteiger partial charge in [0.15, 0.2) is 0 Å². The molecule has 0 heterocycles. The topological polar surface area (TPSA) is 0 Å². The first-order valence-electron chi connectivity index (χ1n) is 6.47. The number of allylic oxidation sites excluding steroid dienone is 1. The van der Waals surface area contributed by atoms with Gasteiger partial charge in [-0.1, -0.05) is 51.0 Å². The number of benzene rings is 1. The predicted molar refractivity (Wildman–Crippen MR) is 69.4 cm³/mol. The molecule has 90 valence electrons. The maximum Gasteiger partial charge on any atom is 0.130 e. The molecular formula is C16H19F. The van der Waals surface area contributed by atoms with E-state index in [0.717, 1.165) is 12.0 Å². The SMILES string of the molecule is CC1(C)CCC[C@@]2(C)C1=Cc1c(F)cccc12. The lowest BCUT2D eigenvalue weighted by molar-refractivity contribution is 0.266. The number of hydrogen-bond acceptors (Lipinski definition) is 0. The molecule has 1 fully saturated rings. The van der Waals surface area contributed by atoms with Crippen LogP contribution in [0.2, 0.25) is 0 Å². The molecular weight excluding hydrogens is 211 g/mol. The predicted octanol–water partition coefficient (Wildman–Crippen LogP) is 4.69. The molecule has 17 heavy (non-hydrogen) atoms. The monoisotopic (exact) mass is 230 g/mol. The summed E-state index contributed by atoms with van der Waals surface area (Å²) in [5, 5.41) is 0. The number of hydrogen-bond donors (Lipinski definition) is 0. The lowest BCUT2D eigenvalue weighted by Gasteiger charge is -2.44. The molecule has 0 saturated heterocycles. The highest BCUT2D eigenvalue weighted by molar-refractivity contribution is 5.71. The summed E-state index contributed by atoms with van der Waals surface area (Å²) in [7, 11) is 0. The van der Waals surface area contributed by atoms with Crippen molar-refractivity contribution < 1.29 is 4.39 Å². The number of halogens is 1. The van der Waals surface area contributed by atoms with Gasteiger partial charge in [0.2, 0.25) is 0 Å². The van der Waals surface area contributed by atoms with Crippen molar-refractivity contribution in [2.75, 3.05) is 0 Å². The summed E-state index contributed by atoms with van der Waals surface area (Å²) in [6.45, 7) is 6.87. The first-order chi connectivity index (χ1) is 7.95. The second-order valence-electron chi connectivity index (χ2n) is 6.33. The minimum Gasteiger partial charge on any atom is -0.206 e.